The molecular weight excluding hydrogens is 244 g/mol. The van der Waals surface area contributed by atoms with Gasteiger partial charge in [-0.25, -0.2) is 4.57 Å². The molecule has 0 atom stereocenters. The topological polar surface area (TPSA) is 135 Å². The molecule has 0 bridgehead atoms. The Hall–Kier alpha value is 2.26. The second kappa shape index (κ2) is 10.8. The Morgan fingerprint density at radius 3 is 1.08 bits per heavy atom. The van der Waals surface area contributed by atoms with E-state index in [2.05, 4.69) is 0 Å². The molecule has 0 aliphatic heterocycles. The zero-order chi connectivity index (χ0) is 9.71. The molecule has 0 unspecified atom stereocenters. The summed E-state index contributed by atoms with van der Waals surface area (Å²) in [6, 6.07) is 0. The van der Waals surface area contributed by atoms with E-state index in [1.807, 2.05) is 0 Å². The van der Waals surface area contributed by atoms with Crippen molar-refractivity contribution in [2.24, 2.45) is 0 Å². The molecule has 7 nitrogen and oxygen atoms in total. The molecule has 0 aliphatic rings. The van der Waals surface area contributed by atoms with E-state index in [0.717, 1.165) is 0 Å². The number of phosphoric acid groups is 1. The van der Waals surface area contributed by atoms with E-state index in [9.17, 15) is 4.57 Å². The van der Waals surface area contributed by atoms with Gasteiger partial charge < -0.3 is 27.3 Å². The zero-order valence-electron chi connectivity index (χ0n) is 9.65. The van der Waals surface area contributed by atoms with Gasteiger partial charge in [-0.3, -0.25) is 4.57 Å². The van der Waals surface area contributed by atoms with Gasteiger partial charge in [-0.2, -0.15) is 0 Å². The number of hydrogen-bond acceptors (Lipinski definition) is 2. The standard InChI is InChI=1S/C2H7O3P.2Na.H3O4P.2H/c1-2-6(3,4)5;;;1-5(2,3)4;;/h2H2,1H3,(H2,3,4,5);;;(H3,1,2,3,4);;/q;2*+1;;2*-1. The van der Waals surface area contributed by atoms with Crippen molar-refractivity contribution in [3.05, 3.63) is 0 Å². The van der Waals surface area contributed by atoms with E-state index in [1.165, 1.54) is 6.92 Å². The van der Waals surface area contributed by atoms with Crippen molar-refractivity contribution in [2.45, 2.75) is 6.92 Å². The predicted molar refractivity (Wildman–Crippen MR) is 39.1 cm³/mol. The molecule has 0 amide bonds. The van der Waals surface area contributed by atoms with Crippen molar-refractivity contribution in [2.75, 3.05) is 6.16 Å². The van der Waals surface area contributed by atoms with E-state index in [0.29, 0.717) is 0 Å². The van der Waals surface area contributed by atoms with Crippen molar-refractivity contribution in [3.63, 3.8) is 0 Å². The summed E-state index contributed by atoms with van der Waals surface area (Å²) in [5.41, 5.74) is 0. The average Bonchev–Trinajstić information content (AvgIpc) is 1.59. The minimum absolute atomic E-state index is 0. The van der Waals surface area contributed by atoms with Crippen LogP contribution in [0.3, 0.4) is 0 Å². The third-order valence-corrected chi connectivity index (χ3v) is 1.24. The van der Waals surface area contributed by atoms with Gasteiger partial charge in [0.2, 0.25) is 0 Å². The van der Waals surface area contributed by atoms with Gasteiger partial charge in [0, 0.05) is 6.16 Å². The Balaban J connectivity index is -0.0000000215. The van der Waals surface area contributed by atoms with Gasteiger partial charge in [-0.1, -0.05) is 6.92 Å². The van der Waals surface area contributed by atoms with E-state index < -0.39 is 15.4 Å². The fourth-order valence-corrected chi connectivity index (χ4v) is 0. The maximum atomic E-state index is 9.69. The Morgan fingerprint density at radius 2 is 1.08 bits per heavy atom. The van der Waals surface area contributed by atoms with Crippen molar-refractivity contribution in [3.8, 4) is 0 Å². The summed E-state index contributed by atoms with van der Waals surface area (Å²) in [6.45, 7) is 1.45. The Morgan fingerprint density at radius 1 is 1.00 bits per heavy atom. The third-order valence-electron chi connectivity index (χ3n) is 0.412. The van der Waals surface area contributed by atoms with Gasteiger partial charge in [-0.15, -0.1) is 0 Å². The van der Waals surface area contributed by atoms with Gasteiger partial charge in [0.05, 0.1) is 0 Å². The molecule has 5 N–H and O–H groups in total. The molecule has 0 saturated heterocycles. The average molecular weight is 256 g/mol. The molecule has 0 aromatic rings. The molecule has 0 fully saturated rings. The van der Waals surface area contributed by atoms with Crippen LogP contribution in [0.15, 0.2) is 0 Å². The second-order valence-electron chi connectivity index (χ2n) is 1.49. The zero-order valence-corrected chi connectivity index (χ0v) is 13.4. The van der Waals surface area contributed by atoms with Crippen molar-refractivity contribution >= 4 is 15.4 Å². The Bertz CT molecular complexity index is 183. The minimum Gasteiger partial charge on any atom is -1.00 e. The summed E-state index contributed by atoms with van der Waals surface area (Å²) >= 11 is 0. The molecular formula is C2H12Na2O7P2. The summed E-state index contributed by atoms with van der Waals surface area (Å²) in [6.07, 6.45) is -0.0625. The van der Waals surface area contributed by atoms with Gasteiger partial charge in [0.25, 0.3) is 0 Å². The van der Waals surface area contributed by atoms with E-state index in [4.69, 9.17) is 29.0 Å². The van der Waals surface area contributed by atoms with Crippen LogP contribution in [0.5, 0.6) is 0 Å². The quantitative estimate of drug-likeness (QED) is 0.232. The second-order valence-corrected chi connectivity index (χ2v) is 4.48. The van der Waals surface area contributed by atoms with Crippen LogP contribution in [0.25, 0.3) is 0 Å². The molecule has 0 spiro atoms. The predicted octanol–water partition coefficient (Wildman–Crippen LogP) is -6.51. The molecule has 0 aliphatic carbocycles. The molecule has 0 aromatic carbocycles. The molecule has 0 aromatic heterocycles. The first-order chi connectivity index (χ1) is 4.56. The van der Waals surface area contributed by atoms with Crippen LogP contribution in [0.1, 0.15) is 9.78 Å². The monoisotopic (exact) mass is 256 g/mol. The van der Waals surface area contributed by atoms with Crippen LogP contribution < -0.4 is 59.1 Å². The van der Waals surface area contributed by atoms with Gasteiger partial charge in [0.15, 0.2) is 0 Å². The molecule has 0 rings (SSSR count). The van der Waals surface area contributed by atoms with Crippen LogP contribution >= 0.6 is 15.4 Å². The maximum Gasteiger partial charge on any atom is 1.00 e. The smallest absolute Gasteiger partial charge is 1.00 e. The van der Waals surface area contributed by atoms with Crippen LogP contribution in [0, 0.1) is 0 Å². The number of rotatable bonds is 1. The van der Waals surface area contributed by atoms with Gasteiger partial charge >= 0.3 is 74.5 Å². The van der Waals surface area contributed by atoms with Crippen molar-refractivity contribution in [1.82, 2.24) is 0 Å². The normalized spacial score (nSPS) is 10.0. The minimum atomic E-state index is -4.64. The Labute approximate surface area is 123 Å². The molecule has 0 heterocycles. The summed E-state index contributed by atoms with van der Waals surface area (Å²) in [5.74, 6) is 0. The summed E-state index contributed by atoms with van der Waals surface area (Å²) in [5, 5.41) is 0. The summed E-state index contributed by atoms with van der Waals surface area (Å²) in [7, 11) is -8.29. The first kappa shape index (κ1) is 24.5. The Kier molecular flexibility index (Phi) is 20.3. The largest absolute Gasteiger partial charge is 1.00 e. The third kappa shape index (κ3) is 77.5. The van der Waals surface area contributed by atoms with Gasteiger partial charge in [0.1, 0.15) is 0 Å². The van der Waals surface area contributed by atoms with Crippen LogP contribution in [-0.2, 0) is 9.13 Å². The van der Waals surface area contributed by atoms with E-state index >= 15 is 0 Å². The molecule has 11 heteroatoms. The first-order valence-electron chi connectivity index (χ1n) is 2.39. The van der Waals surface area contributed by atoms with Gasteiger partial charge in [-0.05, 0) is 0 Å². The van der Waals surface area contributed by atoms with Crippen LogP contribution in [0.4, 0.5) is 0 Å². The molecule has 0 saturated carbocycles. The SMILES string of the molecule is CCP(=O)(O)O.O=P(O)(O)O.[H-].[H-].[Na+].[Na+]. The number of hydrogen-bond donors (Lipinski definition) is 5. The summed E-state index contributed by atoms with van der Waals surface area (Å²) < 4.78 is 18.6. The van der Waals surface area contributed by atoms with Crippen LogP contribution in [0.2, 0.25) is 0 Å². The molecule has 74 valence electrons. The first-order valence-corrected chi connectivity index (χ1v) is 5.75. The van der Waals surface area contributed by atoms with Crippen LogP contribution in [-0.4, -0.2) is 30.6 Å². The van der Waals surface area contributed by atoms with E-state index in [-0.39, 0.29) is 68.1 Å². The summed E-state index contributed by atoms with van der Waals surface area (Å²) in [4.78, 5) is 37.4. The molecule has 0 radical (unpaired) electrons. The fourth-order valence-electron chi connectivity index (χ4n) is 0. The van der Waals surface area contributed by atoms with Crippen molar-refractivity contribution in [1.29, 1.82) is 0 Å². The maximum absolute atomic E-state index is 9.69. The fraction of sp³-hybridized carbons (Fsp3) is 1.00. The molecule has 13 heavy (non-hydrogen) atoms. The van der Waals surface area contributed by atoms with Crippen molar-refractivity contribution < 1.29 is 95.6 Å². The van der Waals surface area contributed by atoms with E-state index in [1.54, 1.807) is 0 Å².